The number of allylic oxidation sites excluding steroid dienone is 2. The number of fused-ring (bicyclic) bond motifs is 3. The summed E-state index contributed by atoms with van der Waals surface area (Å²) in [5.74, 6) is 0.691. The highest BCUT2D eigenvalue weighted by atomic mass is 16.6. The minimum absolute atomic E-state index is 0.0411. The molecular weight excluding hydrogens is 244 g/mol. The predicted octanol–water partition coefficient (Wildman–Crippen LogP) is 2.51. The molecule has 0 aromatic heterocycles. The molecule has 0 saturated heterocycles. The highest BCUT2D eigenvalue weighted by molar-refractivity contribution is 6.13. The molecule has 2 aliphatic heterocycles. The summed E-state index contributed by atoms with van der Waals surface area (Å²) in [5.41, 5.74) is 2.91. The third kappa shape index (κ3) is 1.79. The van der Waals surface area contributed by atoms with Crippen LogP contribution in [0.1, 0.15) is 48.5 Å². The smallest absolute Gasteiger partial charge is 0.231 e. The van der Waals surface area contributed by atoms with Gasteiger partial charge in [-0.2, -0.15) is 0 Å². The summed E-state index contributed by atoms with van der Waals surface area (Å²) in [6, 6.07) is 3.66. The van der Waals surface area contributed by atoms with Crippen molar-refractivity contribution in [2.24, 2.45) is 0 Å². The van der Waals surface area contributed by atoms with Crippen LogP contribution in [0.4, 0.5) is 0 Å². The average Bonchev–Trinajstić information content (AvgIpc) is 2.66. The van der Waals surface area contributed by atoms with Crippen molar-refractivity contribution in [2.45, 2.75) is 39.6 Å². The molecular formula is C15H16O4. The van der Waals surface area contributed by atoms with Gasteiger partial charge in [-0.25, -0.2) is 0 Å². The maximum absolute atomic E-state index is 12.2. The van der Waals surface area contributed by atoms with Crippen LogP contribution in [0.2, 0.25) is 0 Å². The fraction of sp³-hybridized carbons (Fsp3) is 0.400. The number of aliphatic hydroxyl groups excluding tert-OH is 1. The molecule has 0 unspecified atom stereocenters. The fourth-order valence-corrected chi connectivity index (χ4v) is 2.62. The molecule has 0 fully saturated rings. The van der Waals surface area contributed by atoms with Crippen LogP contribution in [0.3, 0.4) is 0 Å². The molecule has 2 heterocycles. The van der Waals surface area contributed by atoms with E-state index in [1.807, 2.05) is 26.8 Å². The lowest BCUT2D eigenvalue weighted by atomic mass is 9.94. The van der Waals surface area contributed by atoms with E-state index in [4.69, 9.17) is 9.47 Å². The Labute approximate surface area is 111 Å². The van der Waals surface area contributed by atoms with E-state index in [-0.39, 0.29) is 11.9 Å². The molecule has 4 nitrogen and oxygen atoms in total. The van der Waals surface area contributed by atoms with Gasteiger partial charge in [0.15, 0.2) is 12.0 Å². The third-order valence-electron chi connectivity index (χ3n) is 3.51. The minimum Gasteiger partial charge on any atom is -0.452 e. The van der Waals surface area contributed by atoms with E-state index in [1.165, 1.54) is 0 Å². The Morgan fingerprint density at radius 3 is 2.79 bits per heavy atom. The van der Waals surface area contributed by atoms with Gasteiger partial charge in [-0.1, -0.05) is 6.07 Å². The molecule has 0 radical (unpaired) electrons. The van der Waals surface area contributed by atoms with Gasteiger partial charge in [-0.3, -0.25) is 4.79 Å². The number of ether oxygens (including phenoxy) is 2. The van der Waals surface area contributed by atoms with Crippen molar-refractivity contribution < 1.29 is 19.4 Å². The molecule has 0 spiro atoms. The van der Waals surface area contributed by atoms with Crippen molar-refractivity contribution in [3.05, 3.63) is 40.2 Å². The van der Waals surface area contributed by atoms with Crippen molar-refractivity contribution in [3.63, 3.8) is 0 Å². The summed E-state index contributed by atoms with van der Waals surface area (Å²) in [6.07, 6.45) is -0.361. The molecule has 0 amide bonds. The number of rotatable bonds is 0. The van der Waals surface area contributed by atoms with Crippen molar-refractivity contribution in [1.29, 1.82) is 0 Å². The Morgan fingerprint density at radius 1 is 1.37 bits per heavy atom. The average molecular weight is 260 g/mol. The lowest BCUT2D eigenvalue weighted by Crippen LogP contribution is -2.24. The summed E-state index contributed by atoms with van der Waals surface area (Å²) in [6.45, 7) is 5.58. The lowest BCUT2D eigenvalue weighted by Gasteiger charge is -2.28. The summed E-state index contributed by atoms with van der Waals surface area (Å²) in [5, 5.41) is 10.1. The molecule has 0 saturated carbocycles. The molecule has 2 aliphatic rings. The SMILES string of the molecule is CC(C)=C1Oc2c(ccc3c2[C@@H](O)O[C@H](C)C3)C1=O. The first-order valence-electron chi connectivity index (χ1n) is 6.38. The van der Waals surface area contributed by atoms with Gasteiger partial charge in [0.1, 0.15) is 5.75 Å². The van der Waals surface area contributed by atoms with E-state index in [0.717, 1.165) is 11.1 Å². The van der Waals surface area contributed by atoms with E-state index in [9.17, 15) is 9.90 Å². The highest BCUT2D eigenvalue weighted by Crippen LogP contribution is 2.43. The van der Waals surface area contributed by atoms with Crippen molar-refractivity contribution in [1.82, 2.24) is 0 Å². The molecule has 1 N–H and O–H groups in total. The van der Waals surface area contributed by atoms with Gasteiger partial charge >= 0.3 is 0 Å². The number of carbonyl (C=O) groups is 1. The van der Waals surface area contributed by atoms with E-state index in [1.54, 1.807) is 6.07 Å². The van der Waals surface area contributed by atoms with Crippen molar-refractivity contribution in [2.75, 3.05) is 0 Å². The zero-order chi connectivity index (χ0) is 13.7. The second-order valence-corrected chi connectivity index (χ2v) is 5.28. The number of hydrogen-bond acceptors (Lipinski definition) is 4. The van der Waals surface area contributed by atoms with E-state index < -0.39 is 6.29 Å². The Kier molecular flexibility index (Phi) is 2.73. The molecule has 2 atom stereocenters. The van der Waals surface area contributed by atoms with Crippen LogP contribution in [-0.4, -0.2) is 17.0 Å². The van der Waals surface area contributed by atoms with Crippen molar-refractivity contribution >= 4 is 5.78 Å². The van der Waals surface area contributed by atoms with E-state index >= 15 is 0 Å². The number of ketones is 1. The normalized spacial score (nSPS) is 24.8. The first-order valence-corrected chi connectivity index (χ1v) is 6.38. The van der Waals surface area contributed by atoms with Gasteiger partial charge < -0.3 is 14.6 Å². The maximum atomic E-state index is 12.2. The van der Waals surface area contributed by atoms with E-state index in [2.05, 4.69) is 0 Å². The zero-order valence-corrected chi connectivity index (χ0v) is 11.2. The third-order valence-corrected chi connectivity index (χ3v) is 3.51. The topological polar surface area (TPSA) is 55.8 Å². The number of benzene rings is 1. The van der Waals surface area contributed by atoms with Crippen LogP contribution in [0.5, 0.6) is 5.75 Å². The van der Waals surface area contributed by atoms with Crippen LogP contribution >= 0.6 is 0 Å². The number of carbonyl (C=O) groups excluding carboxylic acids is 1. The molecule has 3 rings (SSSR count). The Hall–Kier alpha value is -1.65. The minimum atomic E-state index is -1.03. The standard InChI is InChI=1S/C15H16O4/c1-7(2)13-12(16)10-5-4-9-6-8(3)18-15(17)11(9)14(10)19-13/h4-5,8,15,17H,6H2,1-3H3/t8-,15+/m1/s1. The first-order chi connectivity index (χ1) is 8.99. The molecule has 0 bridgehead atoms. The van der Waals surface area contributed by atoms with Gasteiger partial charge in [-0.15, -0.1) is 0 Å². The second-order valence-electron chi connectivity index (χ2n) is 5.28. The Morgan fingerprint density at radius 2 is 2.11 bits per heavy atom. The second kappa shape index (κ2) is 4.18. The van der Waals surface area contributed by atoms with Crippen LogP contribution in [-0.2, 0) is 11.2 Å². The Bertz CT molecular complexity index is 596. The number of Topliss-reactive ketones (excluding diaryl/α,β-unsaturated/α-hetero) is 1. The van der Waals surface area contributed by atoms with Crippen LogP contribution in [0.15, 0.2) is 23.5 Å². The van der Waals surface area contributed by atoms with Crippen LogP contribution in [0.25, 0.3) is 0 Å². The molecule has 1 aromatic carbocycles. The maximum Gasteiger partial charge on any atom is 0.231 e. The largest absolute Gasteiger partial charge is 0.452 e. The van der Waals surface area contributed by atoms with Gasteiger partial charge in [0.2, 0.25) is 5.78 Å². The highest BCUT2D eigenvalue weighted by Gasteiger charge is 2.36. The van der Waals surface area contributed by atoms with Crippen molar-refractivity contribution in [3.8, 4) is 5.75 Å². The number of hydrogen-bond donors (Lipinski definition) is 1. The summed E-state index contributed by atoms with van der Waals surface area (Å²) in [7, 11) is 0. The summed E-state index contributed by atoms with van der Waals surface area (Å²) in [4.78, 5) is 12.2. The van der Waals surface area contributed by atoms with Crippen LogP contribution < -0.4 is 4.74 Å². The molecule has 1 aromatic rings. The Balaban J connectivity index is 2.17. The summed E-state index contributed by atoms with van der Waals surface area (Å²) >= 11 is 0. The monoisotopic (exact) mass is 260 g/mol. The lowest BCUT2D eigenvalue weighted by molar-refractivity contribution is -0.144. The summed E-state index contributed by atoms with van der Waals surface area (Å²) < 4.78 is 11.1. The van der Waals surface area contributed by atoms with Gasteiger partial charge in [0.05, 0.1) is 17.2 Å². The van der Waals surface area contributed by atoms with Gasteiger partial charge in [0, 0.05) is 0 Å². The molecule has 100 valence electrons. The van der Waals surface area contributed by atoms with E-state index in [0.29, 0.717) is 29.1 Å². The molecule has 19 heavy (non-hydrogen) atoms. The van der Waals surface area contributed by atoms with Gasteiger partial charge in [-0.05, 0) is 44.4 Å². The first kappa shape index (κ1) is 12.4. The zero-order valence-electron chi connectivity index (χ0n) is 11.2. The molecule has 0 aliphatic carbocycles. The fourth-order valence-electron chi connectivity index (χ4n) is 2.62. The van der Waals surface area contributed by atoms with Crippen LogP contribution in [0, 0.1) is 0 Å². The van der Waals surface area contributed by atoms with Gasteiger partial charge in [0.25, 0.3) is 0 Å². The predicted molar refractivity (Wildman–Crippen MR) is 69.0 cm³/mol. The molecule has 4 heteroatoms. The quantitative estimate of drug-likeness (QED) is 0.728. The number of aliphatic hydroxyl groups is 1.